The molecule has 126 valence electrons. The van der Waals surface area contributed by atoms with Gasteiger partial charge in [0.05, 0.1) is 10.3 Å². The number of epoxide rings is 1. The summed E-state index contributed by atoms with van der Waals surface area (Å²) >= 11 is 0. The molecule has 2 N–H and O–H groups in total. The zero-order chi connectivity index (χ0) is 17.5. The van der Waals surface area contributed by atoms with Gasteiger partial charge in [0.15, 0.2) is 0 Å². The van der Waals surface area contributed by atoms with Crippen LogP contribution >= 0.6 is 0 Å². The van der Waals surface area contributed by atoms with Crippen LogP contribution in [0.25, 0.3) is 21.5 Å². The van der Waals surface area contributed by atoms with Gasteiger partial charge in [-0.2, -0.15) is 0 Å². The van der Waals surface area contributed by atoms with Crippen LogP contribution in [0.1, 0.15) is 28.9 Å². The number of fused-ring (bicyclic) bond motifs is 7. The van der Waals surface area contributed by atoms with Crippen LogP contribution in [0.2, 0.25) is 0 Å². The summed E-state index contributed by atoms with van der Waals surface area (Å²) in [6.07, 6.45) is -2.78. The second-order valence-electron chi connectivity index (χ2n) is 6.72. The topological polar surface area (TPSA) is 96.1 Å². The van der Waals surface area contributed by atoms with E-state index in [-0.39, 0.29) is 16.7 Å². The van der Waals surface area contributed by atoms with Crippen LogP contribution in [0.4, 0.5) is 5.69 Å². The number of aryl methyl sites for hydroxylation is 1. The van der Waals surface area contributed by atoms with Gasteiger partial charge in [0.2, 0.25) is 0 Å². The third-order valence-corrected chi connectivity index (χ3v) is 5.45. The van der Waals surface area contributed by atoms with Gasteiger partial charge in [-0.15, -0.1) is 0 Å². The van der Waals surface area contributed by atoms with Crippen molar-refractivity contribution in [3.05, 3.63) is 63.2 Å². The van der Waals surface area contributed by atoms with Crippen molar-refractivity contribution in [2.75, 3.05) is 0 Å². The quantitative estimate of drug-likeness (QED) is 0.308. The Hall–Kier alpha value is -2.54. The van der Waals surface area contributed by atoms with E-state index in [0.717, 1.165) is 21.7 Å². The predicted octanol–water partition coefficient (Wildman–Crippen LogP) is 3.06. The third kappa shape index (κ3) is 1.79. The van der Waals surface area contributed by atoms with Gasteiger partial charge < -0.3 is 14.9 Å². The number of nitro groups is 1. The average Bonchev–Trinajstić information content (AvgIpc) is 3.39. The van der Waals surface area contributed by atoms with Crippen LogP contribution in [0, 0.1) is 17.0 Å². The lowest BCUT2D eigenvalue weighted by Crippen LogP contribution is -2.29. The molecule has 1 fully saturated rings. The molecule has 0 radical (unpaired) electrons. The summed E-state index contributed by atoms with van der Waals surface area (Å²) in [7, 11) is 0. The maximum Gasteiger partial charge on any atom is 0.280 e. The Kier molecular flexibility index (Phi) is 2.81. The van der Waals surface area contributed by atoms with E-state index in [2.05, 4.69) is 0 Å². The van der Waals surface area contributed by atoms with Crippen molar-refractivity contribution in [2.45, 2.75) is 31.3 Å². The van der Waals surface area contributed by atoms with Gasteiger partial charge in [-0.05, 0) is 40.3 Å². The molecule has 6 nitrogen and oxygen atoms in total. The lowest BCUT2D eigenvalue weighted by Gasteiger charge is -2.25. The lowest BCUT2D eigenvalue weighted by molar-refractivity contribution is -0.383. The van der Waals surface area contributed by atoms with Gasteiger partial charge in [-0.25, -0.2) is 0 Å². The fourth-order valence-electron chi connectivity index (χ4n) is 4.29. The number of nitro benzene ring substituents is 1. The third-order valence-electron chi connectivity index (χ3n) is 5.45. The molecule has 0 aromatic heterocycles. The smallest absolute Gasteiger partial charge is 0.280 e. The number of aliphatic hydroxyl groups is 2. The number of hydrogen-bond donors (Lipinski definition) is 2. The highest BCUT2D eigenvalue weighted by Crippen LogP contribution is 2.54. The van der Waals surface area contributed by atoms with Gasteiger partial charge in [0, 0.05) is 5.56 Å². The minimum Gasteiger partial charge on any atom is -0.387 e. The molecule has 1 aliphatic carbocycles. The van der Waals surface area contributed by atoms with Crippen molar-refractivity contribution in [1.29, 1.82) is 0 Å². The van der Waals surface area contributed by atoms with Crippen LogP contribution in [-0.4, -0.2) is 27.3 Å². The van der Waals surface area contributed by atoms with Crippen LogP contribution in [0.15, 0.2) is 36.4 Å². The van der Waals surface area contributed by atoms with Gasteiger partial charge in [-0.3, -0.25) is 10.1 Å². The molecule has 25 heavy (non-hydrogen) atoms. The summed E-state index contributed by atoms with van der Waals surface area (Å²) < 4.78 is 5.58. The molecule has 1 aliphatic heterocycles. The van der Waals surface area contributed by atoms with Crippen LogP contribution in [-0.2, 0) is 4.74 Å². The largest absolute Gasteiger partial charge is 0.387 e. The predicted molar refractivity (Wildman–Crippen MR) is 91.4 cm³/mol. The molecular formula is C19H15NO5. The van der Waals surface area contributed by atoms with Gasteiger partial charge >= 0.3 is 0 Å². The minimum atomic E-state index is -1.05. The molecule has 2 aliphatic rings. The van der Waals surface area contributed by atoms with E-state index in [1.165, 1.54) is 0 Å². The second kappa shape index (κ2) is 4.76. The first-order valence-electron chi connectivity index (χ1n) is 8.14. The Morgan fingerprint density at radius 3 is 2.52 bits per heavy atom. The first-order chi connectivity index (χ1) is 12.0. The molecule has 5 rings (SSSR count). The molecule has 3 aromatic carbocycles. The maximum atomic E-state index is 11.7. The fraction of sp³-hybridized carbons (Fsp3) is 0.263. The lowest BCUT2D eigenvalue weighted by atomic mass is 9.81. The van der Waals surface area contributed by atoms with E-state index in [9.17, 15) is 20.3 Å². The van der Waals surface area contributed by atoms with Crippen molar-refractivity contribution >= 4 is 27.2 Å². The molecule has 0 spiro atoms. The number of aliphatic hydroxyl groups excluding tert-OH is 2. The van der Waals surface area contributed by atoms with E-state index in [1.807, 2.05) is 18.2 Å². The van der Waals surface area contributed by atoms with Crippen molar-refractivity contribution in [3.63, 3.8) is 0 Å². The van der Waals surface area contributed by atoms with Crippen molar-refractivity contribution in [2.24, 2.45) is 0 Å². The molecular weight excluding hydrogens is 322 g/mol. The zero-order valence-corrected chi connectivity index (χ0v) is 13.3. The van der Waals surface area contributed by atoms with E-state index >= 15 is 0 Å². The van der Waals surface area contributed by atoms with E-state index in [4.69, 9.17) is 4.74 Å². The Balaban J connectivity index is 1.99. The maximum absolute atomic E-state index is 11.7. The van der Waals surface area contributed by atoms with Gasteiger partial charge in [-0.1, -0.05) is 30.3 Å². The summed E-state index contributed by atoms with van der Waals surface area (Å²) in [4.78, 5) is 11.4. The summed E-state index contributed by atoms with van der Waals surface area (Å²) in [6, 6.07) is 10.9. The molecule has 1 heterocycles. The number of ether oxygens (including phenoxy) is 1. The van der Waals surface area contributed by atoms with Crippen molar-refractivity contribution in [3.8, 4) is 0 Å². The summed E-state index contributed by atoms with van der Waals surface area (Å²) in [6.45, 7) is 1.74. The fourth-order valence-corrected chi connectivity index (χ4v) is 4.29. The highest BCUT2D eigenvalue weighted by Gasteiger charge is 2.54. The minimum absolute atomic E-state index is 0.0781. The van der Waals surface area contributed by atoms with E-state index < -0.39 is 18.3 Å². The highest BCUT2D eigenvalue weighted by atomic mass is 16.6. The molecule has 0 bridgehead atoms. The number of nitrogens with zero attached hydrogens (tertiary/aromatic N) is 1. The number of benzene rings is 3. The molecule has 1 saturated heterocycles. The Labute approximate surface area is 142 Å². The number of rotatable bonds is 1. The normalized spacial score (nSPS) is 27.2. The monoisotopic (exact) mass is 337 g/mol. The highest BCUT2D eigenvalue weighted by molar-refractivity contribution is 6.14. The molecule has 0 unspecified atom stereocenters. The first-order valence-corrected chi connectivity index (χ1v) is 8.14. The summed E-state index contributed by atoms with van der Waals surface area (Å²) in [5, 5.41) is 35.3. The Morgan fingerprint density at radius 2 is 1.80 bits per heavy atom. The van der Waals surface area contributed by atoms with Gasteiger partial charge in [0.25, 0.3) is 5.69 Å². The zero-order valence-electron chi connectivity index (χ0n) is 13.3. The SMILES string of the molecule is Cc1c([N+](=O)[O-])c2ccccc2c2ccc3c(c12)[C@@H]1O[C@@H]1[C@@H](O)[C@@H]3O. The molecule has 3 aromatic rings. The van der Waals surface area contributed by atoms with Crippen molar-refractivity contribution < 1.29 is 19.9 Å². The summed E-state index contributed by atoms with van der Waals surface area (Å²) in [5.74, 6) is 0. The Morgan fingerprint density at radius 1 is 1.08 bits per heavy atom. The van der Waals surface area contributed by atoms with Crippen LogP contribution < -0.4 is 0 Å². The van der Waals surface area contributed by atoms with Crippen molar-refractivity contribution in [1.82, 2.24) is 0 Å². The Bertz CT molecular complexity index is 1080. The molecule has 0 amide bonds. The van der Waals surface area contributed by atoms with Gasteiger partial charge in [0.1, 0.15) is 24.4 Å². The van der Waals surface area contributed by atoms with E-state index in [1.54, 1.807) is 25.1 Å². The first kappa shape index (κ1) is 14.8. The standard InChI is InChI=1S/C19H15NO5/c1-8-13-10(9-4-2-3-5-11(9)15(8)20(23)24)6-7-12-14(13)18-19(25-18)17(22)16(12)21/h2-7,16-19,21-22H,1H3/t16-,17+,18+,19-/m1/s1. The molecule has 4 atom stereocenters. The molecule has 0 saturated carbocycles. The van der Waals surface area contributed by atoms with E-state index in [0.29, 0.717) is 16.5 Å². The molecule has 6 heteroatoms. The summed E-state index contributed by atoms with van der Waals surface area (Å²) in [5.41, 5.74) is 2.00. The average molecular weight is 337 g/mol. The number of hydrogen-bond acceptors (Lipinski definition) is 5. The van der Waals surface area contributed by atoms with Crippen LogP contribution in [0.3, 0.4) is 0 Å². The van der Waals surface area contributed by atoms with Crippen LogP contribution in [0.5, 0.6) is 0 Å². The second-order valence-corrected chi connectivity index (χ2v) is 6.72.